The summed E-state index contributed by atoms with van der Waals surface area (Å²) in [5.41, 5.74) is 2.10. The van der Waals surface area contributed by atoms with Crippen LogP contribution in [0, 0.1) is 0 Å². The molecule has 3 fully saturated rings. The van der Waals surface area contributed by atoms with Crippen molar-refractivity contribution in [2.24, 2.45) is 0 Å². The van der Waals surface area contributed by atoms with Gasteiger partial charge in [-0.05, 0) is 136 Å². The average Bonchev–Trinajstić information content (AvgIpc) is 3.45. The van der Waals surface area contributed by atoms with E-state index in [-0.39, 0.29) is 36.9 Å². The molecule has 0 bridgehead atoms. The molecule has 0 aromatic heterocycles. The molecule has 7 rings (SSSR count). The van der Waals surface area contributed by atoms with Gasteiger partial charge in [0.1, 0.15) is 19.8 Å². The maximum absolute atomic E-state index is 9.14. The van der Waals surface area contributed by atoms with Crippen LogP contribution in [0.5, 0.6) is 46.0 Å². The number of benzene rings is 4. The van der Waals surface area contributed by atoms with E-state index >= 15 is 0 Å². The van der Waals surface area contributed by atoms with Crippen molar-refractivity contribution in [2.75, 3.05) is 87.9 Å². The summed E-state index contributed by atoms with van der Waals surface area (Å²) in [5, 5.41) is 9.14. The summed E-state index contributed by atoms with van der Waals surface area (Å²) >= 11 is 6.62. The first-order valence-electron chi connectivity index (χ1n) is 25.1. The van der Waals surface area contributed by atoms with Crippen molar-refractivity contribution in [1.29, 1.82) is 0 Å². The summed E-state index contributed by atoms with van der Waals surface area (Å²) in [6, 6.07) is 22.4. The normalized spacial score (nSPS) is 16.3. The quantitative estimate of drug-likeness (QED) is 0.0726. The minimum Gasteiger partial charge on any atom is -0.504 e. The second-order valence-corrected chi connectivity index (χ2v) is 18.0. The number of halogens is 2. The molecule has 3 aliphatic heterocycles. The van der Waals surface area contributed by atoms with Crippen molar-refractivity contribution < 1.29 is 85.9 Å². The van der Waals surface area contributed by atoms with E-state index in [2.05, 4.69) is 57.5 Å². The fourth-order valence-corrected chi connectivity index (χ4v) is 7.73. The molecule has 3 aliphatic rings. The van der Waals surface area contributed by atoms with Gasteiger partial charge in [-0.1, -0.05) is 75.7 Å². The number of hydrogen-bond donors (Lipinski definition) is 1. The van der Waals surface area contributed by atoms with Gasteiger partial charge in [-0.2, -0.15) is 19.2 Å². The molecule has 0 saturated carbocycles. The Morgan fingerprint density at radius 1 is 0.519 bits per heavy atom. The molecular weight excluding hydrogens is 1130 g/mol. The number of rotatable bonds is 22. The standard InChI is InChI=1S/C18H26O4.C16H22O4.C14H19BrO4.C7H7BrO2.2CO2/c1-3-4-7-15-9-10-16(19-2)17(14-15)20-12-13-22-18-8-5-6-11-21-18;1-3-13-7-8-14(17-2)15(12-13)18-10-11-20-16-6-4-5-9-19-16;1-16-12-6-5-11(15)10-13(12)17-8-9-19-14-4-2-3-7-18-14;1-10-7-3-2-5(8)4-6(7)9;2*2-1-3/h4,7,9-10,14,18H,3,5-6,8,11-13H2,1-2H3;3,7-8,12,16H,1,4-6,9-11H2,2H3;5-6,10,14H,2-4,7-9H2,1H3;2-4,9H,1H3;;/b7-4+;;;;;. The summed E-state index contributed by atoms with van der Waals surface area (Å²) in [5.74, 6) is 4.97. The predicted molar refractivity (Wildman–Crippen MR) is 294 cm³/mol. The molecule has 3 atom stereocenters. The maximum atomic E-state index is 9.14. The van der Waals surface area contributed by atoms with Crippen molar-refractivity contribution in [1.82, 2.24) is 0 Å². The average molecular weight is 1210 g/mol. The molecule has 0 spiro atoms. The maximum Gasteiger partial charge on any atom is 0.373 e. The molecule has 3 heterocycles. The number of carbonyl (C=O) groups excluding carboxylic acids is 4. The van der Waals surface area contributed by atoms with Crippen LogP contribution >= 0.6 is 31.9 Å². The van der Waals surface area contributed by atoms with Crippen molar-refractivity contribution in [3.63, 3.8) is 0 Å². The van der Waals surface area contributed by atoms with Crippen LogP contribution in [-0.2, 0) is 47.6 Å². The predicted octanol–water partition coefficient (Wildman–Crippen LogP) is 11.7. The second-order valence-electron chi connectivity index (χ2n) is 16.2. The Bertz CT molecular complexity index is 2290. The van der Waals surface area contributed by atoms with Crippen molar-refractivity contribution >= 4 is 56.3 Å². The number of methoxy groups -OCH3 is 4. The Hall–Kier alpha value is -5.76. The van der Waals surface area contributed by atoms with E-state index < -0.39 is 0 Å². The monoisotopic (exact) mass is 1200 g/mol. The van der Waals surface area contributed by atoms with Gasteiger partial charge in [0.05, 0.1) is 48.3 Å². The van der Waals surface area contributed by atoms with E-state index in [0.717, 1.165) is 102 Å². The summed E-state index contributed by atoms with van der Waals surface area (Å²) in [6.07, 6.45) is 17.1. The van der Waals surface area contributed by atoms with E-state index in [1.54, 1.807) is 45.6 Å². The van der Waals surface area contributed by atoms with Gasteiger partial charge in [0.25, 0.3) is 0 Å². The lowest BCUT2D eigenvalue weighted by Gasteiger charge is -2.22. The van der Waals surface area contributed by atoms with Crippen LogP contribution in [0.2, 0.25) is 0 Å². The highest BCUT2D eigenvalue weighted by atomic mass is 79.9. The van der Waals surface area contributed by atoms with Gasteiger partial charge >= 0.3 is 12.3 Å². The topological polar surface area (TPSA) is 208 Å². The first kappa shape index (κ1) is 67.3. The van der Waals surface area contributed by atoms with Crippen LogP contribution < -0.4 is 33.2 Å². The number of phenols is 1. The van der Waals surface area contributed by atoms with Crippen LogP contribution in [0.3, 0.4) is 0 Å². The van der Waals surface area contributed by atoms with Gasteiger partial charge in [0, 0.05) is 28.8 Å². The van der Waals surface area contributed by atoms with Gasteiger partial charge in [-0.3, -0.25) is 0 Å². The molecule has 1 N–H and O–H groups in total. The van der Waals surface area contributed by atoms with Gasteiger partial charge in [0.2, 0.25) is 0 Å². The zero-order chi connectivity index (χ0) is 56.3. The minimum atomic E-state index is -0.0752. The number of phenolic OH excluding ortho intramolecular Hbond substituents is 1. The molecule has 424 valence electrons. The van der Waals surface area contributed by atoms with Gasteiger partial charge in [-0.15, -0.1) is 0 Å². The SMILES string of the molecule is C=Cc1ccc(OC)c(OCCOC2CCCCO2)c1.CC/C=C/c1ccc(OC)c(OCCOC2CCCCO2)c1.COc1ccc(Br)cc1O.COc1ccc(Br)cc1OCCOC1CCCCO1.O=C=O.O=C=O. The minimum absolute atomic E-state index is 0.0678. The summed E-state index contributed by atoms with van der Waals surface area (Å²) in [7, 11) is 6.42. The van der Waals surface area contributed by atoms with Crippen molar-refractivity contribution in [2.45, 2.75) is 90.0 Å². The van der Waals surface area contributed by atoms with E-state index in [1.807, 2.05) is 54.6 Å². The lowest BCUT2D eigenvalue weighted by molar-refractivity contribution is -0.193. The molecular formula is C57H74Br2O18. The highest BCUT2D eigenvalue weighted by Crippen LogP contribution is 2.32. The molecule has 18 nitrogen and oxygen atoms in total. The Morgan fingerprint density at radius 2 is 0.883 bits per heavy atom. The highest BCUT2D eigenvalue weighted by molar-refractivity contribution is 9.10. The smallest absolute Gasteiger partial charge is 0.373 e. The summed E-state index contributed by atoms with van der Waals surface area (Å²) in [4.78, 5) is 32.5. The number of hydrogen-bond acceptors (Lipinski definition) is 18. The molecule has 0 radical (unpaired) electrons. The van der Waals surface area contributed by atoms with Crippen LogP contribution in [0.15, 0.2) is 94.4 Å². The van der Waals surface area contributed by atoms with Crippen LogP contribution in [0.4, 0.5) is 0 Å². The molecule has 4 aromatic rings. The lowest BCUT2D eigenvalue weighted by Crippen LogP contribution is -2.24. The highest BCUT2D eigenvalue weighted by Gasteiger charge is 2.17. The van der Waals surface area contributed by atoms with E-state index in [9.17, 15) is 0 Å². The van der Waals surface area contributed by atoms with E-state index in [1.165, 1.54) is 26.4 Å². The fourth-order valence-electron chi connectivity index (χ4n) is 7.04. The zero-order valence-corrected chi connectivity index (χ0v) is 47.8. The van der Waals surface area contributed by atoms with Crippen LogP contribution in [-0.4, -0.2) is 124 Å². The third kappa shape index (κ3) is 29.5. The molecule has 20 heteroatoms. The Kier molecular flexibility index (Phi) is 37.8. The fraction of sp³-hybridized carbons (Fsp3) is 0.474. The number of allylic oxidation sites excluding steroid dienone is 1. The Morgan fingerprint density at radius 3 is 1.25 bits per heavy atom. The molecule has 4 aromatic carbocycles. The van der Waals surface area contributed by atoms with E-state index in [0.29, 0.717) is 62.6 Å². The molecule has 77 heavy (non-hydrogen) atoms. The first-order chi connectivity index (χ1) is 37.5. The second kappa shape index (κ2) is 43.2. The van der Waals surface area contributed by atoms with Crippen molar-refractivity contribution in [3.8, 4) is 46.0 Å². The summed E-state index contributed by atoms with van der Waals surface area (Å²) < 4.78 is 73.1. The molecule has 0 aliphatic carbocycles. The number of ether oxygens (including phenoxy) is 13. The van der Waals surface area contributed by atoms with Gasteiger partial charge in [-0.25, -0.2) is 0 Å². The Labute approximate surface area is 469 Å². The number of aromatic hydroxyl groups is 1. The van der Waals surface area contributed by atoms with Crippen LogP contribution in [0.25, 0.3) is 12.2 Å². The van der Waals surface area contributed by atoms with Crippen LogP contribution in [0.1, 0.15) is 82.3 Å². The summed E-state index contributed by atoms with van der Waals surface area (Å²) in [6.45, 7) is 11.2. The molecule has 3 saturated heterocycles. The Balaban J connectivity index is 0.000000347. The van der Waals surface area contributed by atoms with E-state index in [4.69, 9.17) is 85.9 Å². The lowest BCUT2D eigenvalue weighted by atomic mass is 10.2. The van der Waals surface area contributed by atoms with Gasteiger partial charge in [0.15, 0.2) is 64.9 Å². The zero-order valence-electron chi connectivity index (χ0n) is 44.7. The molecule has 0 amide bonds. The first-order valence-corrected chi connectivity index (χ1v) is 26.7. The van der Waals surface area contributed by atoms with Gasteiger partial charge < -0.3 is 66.7 Å². The van der Waals surface area contributed by atoms with Crippen molar-refractivity contribution in [3.05, 3.63) is 106 Å². The third-order valence-corrected chi connectivity index (χ3v) is 11.8. The third-order valence-electron chi connectivity index (χ3n) is 10.8. The molecule has 3 unspecified atom stereocenters. The largest absolute Gasteiger partial charge is 0.504 e.